The minimum Gasteiger partial charge on any atom is -0.394 e. The second-order valence-corrected chi connectivity index (χ2v) is 5.44. The quantitative estimate of drug-likeness (QED) is 0.786. The summed E-state index contributed by atoms with van der Waals surface area (Å²) in [5.41, 5.74) is 2.11. The molecule has 0 aliphatic heterocycles. The van der Waals surface area contributed by atoms with E-state index in [9.17, 15) is 9.90 Å². The predicted molar refractivity (Wildman–Crippen MR) is 77.0 cm³/mol. The van der Waals surface area contributed by atoms with Crippen LogP contribution in [0.15, 0.2) is 30.6 Å². The Bertz CT molecular complexity index is 604. The highest BCUT2D eigenvalue weighted by Gasteiger charge is 2.19. The van der Waals surface area contributed by atoms with Crippen molar-refractivity contribution in [2.75, 3.05) is 6.61 Å². The van der Waals surface area contributed by atoms with E-state index < -0.39 is 0 Å². The first-order valence-corrected chi connectivity index (χ1v) is 6.86. The number of amides is 1. The molecule has 0 aliphatic rings. The van der Waals surface area contributed by atoms with Gasteiger partial charge in [0.25, 0.3) is 5.91 Å². The van der Waals surface area contributed by atoms with Crippen molar-refractivity contribution in [3.05, 3.63) is 30.6 Å². The number of aliphatic hydroxyl groups excluding tert-OH is 1. The van der Waals surface area contributed by atoms with Gasteiger partial charge in [-0.2, -0.15) is 0 Å². The van der Waals surface area contributed by atoms with Gasteiger partial charge < -0.3 is 10.4 Å². The third-order valence-corrected chi connectivity index (χ3v) is 3.55. The van der Waals surface area contributed by atoms with Gasteiger partial charge in [0.2, 0.25) is 6.33 Å². The molecule has 0 fully saturated rings. The molecule has 2 rings (SSSR count). The minimum atomic E-state index is -0.196. The van der Waals surface area contributed by atoms with Crippen molar-refractivity contribution in [2.45, 2.75) is 26.4 Å². The summed E-state index contributed by atoms with van der Waals surface area (Å²) < 4.78 is 3.91. The number of para-hydroxylation sites is 2. The fourth-order valence-electron chi connectivity index (χ4n) is 2.30. The summed E-state index contributed by atoms with van der Waals surface area (Å²) in [6.45, 7) is 4.17. The van der Waals surface area contributed by atoms with Gasteiger partial charge in [-0.15, -0.1) is 0 Å². The maximum absolute atomic E-state index is 12.1. The van der Waals surface area contributed by atoms with Crippen LogP contribution in [0, 0.1) is 5.92 Å². The van der Waals surface area contributed by atoms with Crippen LogP contribution in [-0.2, 0) is 18.4 Å². The molecule has 0 aliphatic carbocycles. The number of carbonyl (C=O) groups is 1. The van der Waals surface area contributed by atoms with Crippen molar-refractivity contribution < 1.29 is 14.5 Å². The zero-order valence-corrected chi connectivity index (χ0v) is 12.2. The molecule has 2 N–H and O–H groups in total. The van der Waals surface area contributed by atoms with Crippen molar-refractivity contribution >= 4 is 16.9 Å². The maximum atomic E-state index is 12.1. The topological polar surface area (TPSA) is 58.1 Å². The second kappa shape index (κ2) is 6.05. The SMILES string of the molecule is CC(C)[C@@H](CO)NC(=O)Cn1c[n+](C)c2ccccc21. The number of imidazole rings is 1. The van der Waals surface area contributed by atoms with Crippen LogP contribution < -0.4 is 9.88 Å². The number of aromatic nitrogens is 2. The van der Waals surface area contributed by atoms with Crippen LogP contribution in [0.4, 0.5) is 0 Å². The van der Waals surface area contributed by atoms with Crippen LogP contribution in [-0.4, -0.2) is 28.2 Å². The van der Waals surface area contributed by atoms with Crippen molar-refractivity contribution in [2.24, 2.45) is 13.0 Å². The monoisotopic (exact) mass is 276 g/mol. The van der Waals surface area contributed by atoms with Gasteiger partial charge in [-0.1, -0.05) is 26.0 Å². The molecule has 0 bridgehead atoms. The fraction of sp³-hybridized carbons (Fsp3) is 0.467. The zero-order valence-electron chi connectivity index (χ0n) is 12.2. The summed E-state index contributed by atoms with van der Waals surface area (Å²) in [6, 6.07) is 7.76. The van der Waals surface area contributed by atoms with Gasteiger partial charge in [-0.25, -0.2) is 9.13 Å². The molecule has 5 nitrogen and oxygen atoms in total. The van der Waals surface area contributed by atoms with E-state index in [2.05, 4.69) is 5.32 Å². The van der Waals surface area contributed by atoms with Gasteiger partial charge in [0.05, 0.1) is 19.7 Å². The molecule has 2 aromatic rings. The summed E-state index contributed by atoms with van der Waals surface area (Å²) in [4.78, 5) is 12.1. The highest BCUT2D eigenvalue weighted by Crippen LogP contribution is 2.10. The summed E-state index contributed by atoms with van der Waals surface area (Å²) in [6.07, 6.45) is 1.91. The second-order valence-electron chi connectivity index (χ2n) is 5.44. The molecule has 5 heteroatoms. The minimum absolute atomic E-state index is 0.0381. The molecule has 1 heterocycles. The lowest BCUT2D eigenvalue weighted by Crippen LogP contribution is -2.42. The van der Waals surface area contributed by atoms with Gasteiger partial charge in [-0.3, -0.25) is 4.79 Å². The first-order chi connectivity index (χ1) is 9.52. The molecule has 1 amide bonds. The average Bonchev–Trinajstić information content (AvgIpc) is 2.73. The number of benzene rings is 1. The number of hydrogen-bond acceptors (Lipinski definition) is 2. The number of nitrogens with zero attached hydrogens (tertiary/aromatic N) is 2. The summed E-state index contributed by atoms with van der Waals surface area (Å²) in [5, 5.41) is 12.1. The fourth-order valence-corrected chi connectivity index (χ4v) is 2.30. The van der Waals surface area contributed by atoms with E-state index in [1.54, 1.807) is 0 Å². The summed E-state index contributed by atoms with van der Waals surface area (Å²) >= 11 is 0. The number of nitrogens with one attached hydrogen (secondary N) is 1. The zero-order chi connectivity index (χ0) is 14.7. The lowest BCUT2D eigenvalue weighted by Gasteiger charge is -2.19. The van der Waals surface area contributed by atoms with E-state index >= 15 is 0 Å². The molecule has 1 atom stereocenters. The third kappa shape index (κ3) is 2.99. The third-order valence-electron chi connectivity index (χ3n) is 3.55. The molecule has 1 aromatic heterocycles. The van der Waals surface area contributed by atoms with Gasteiger partial charge in [0, 0.05) is 0 Å². The van der Waals surface area contributed by atoms with E-state index in [1.807, 2.05) is 60.6 Å². The van der Waals surface area contributed by atoms with Gasteiger partial charge in [0.15, 0.2) is 17.6 Å². The number of hydrogen-bond donors (Lipinski definition) is 2. The van der Waals surface area contributed by atoms with Crippen LogP contribution in [0.3, 0.4) is 0 Å². The number of carbonyl (C=O) groups excluding carboxylic acids is 1. The van der Waals surface area contributed by atoms with E-state index in [1.165, 1.54) is 0 Å². The Morgan fingerprint density at radius 3 is 2.75 bits per heavy atom. The molecular weight excluding hydrogens is 254 g/mol. The van der Waals surface area contributed by atoms with Crippen molar-refractivity contribution in [1.82, 2.24) is 9.88 Å². The lowest BCUT2D eigenvalue weighted by atomic mass is 10.1. The van der Waals surface area contributed by atoms with E-state index in [-0.39, 0.29) is 31.0 Å². The van der Waals surface area contributed by atoms with E-state index in [0.29, 0.717) is 0 Å². The van der Waals surface area contributed by atoms with Crippen LogP contribution in [0.25, 0.3) is 11.0 Å². The van der Waals surface area contributed by atoms with Crippen LogP contribution in [0.5, 0.6) is 0 Å². The maximum Gasteiger partial charge on any atom is 0.262 e. The molecule has 108 valence electrons. The number of aliphatic hydroxyl groups is 1. The highest BCUT2D eigenvalue weighted by molar-refractivity contribution is 5.79. The van der Waals surface area contributed by atoms with E-state index in [0.717, 1.165) is 11.0 Å². The van der Waals surface area contributed by atoms with Gasteiger partial charge >= 0.3 is 0 Å². The van der Waals surface area contributed by atoms with Crippen molar-refractivity contribution in [3.63, 3.8) is 0 Å². The first kappa shape index (κ1) is 14.5. The van der Waals surface area contributed by atoms with Gasteiger partial charge in [0.1, 0.15) is 0 Å². The molecular formula is C15H22N3O2+. The Kier molecular flexibility index (Phi) is 4.39. The highest BCUT2D eigenvalue weighted by atomic mass is 16.3. The molecule has 0 saturated heterocycles. The van der Waals surface area contributed by atoms with Crippen LogP contribution in [0.1, 0.15) is 13.8 Å². The van der Waals surface area contributed by atoms with E-state index in [4.69, 9.17) is 0 Å². The van der Waals surface area contributed by atoms with Crippen molar-refractivity contribution in [1.29, 1.82) is 0 Å². The first-order valence-electron chi connectivity index (χ1n) is 6.86. The molecule has 0 spiro atoms. The lowest BCUT2D eigenvalue weighted by molar-refractivity contribution is -0.645. The summed E-state index contributed by atoms with van der Waals surface area (Å²) in [7, 11) is 1.96. The summed E-state index contributed by atoms with van der Waals surface area (Å²) in [5.74, 6) is 0.126. The average molecular weight is 276 g/mol. The molecule has 20 heavy (non-hydrogen) atoms. The van der Waals surface area contributed by atoms with Gasteiger partial charge in [-0.05, 0) is 18.1 Å². The smallest absolute Gasteiger partial charge is 0.262 e. The Morgan fingerprint density at radius 2 is 2.10 bits per heavy atom. The number of fused-ring (bicyclic) bond motifs is 1. The number of rotatable bonds is 5. The molecule has 1 aromatic carbocycles. The standard InChI is InChI=1S/C15H21N3O2/c1-11(2)12(9-19)16-15(20)8-18-10-17(3)13-6-4-5-7-14(13)18/h4-7,10-12,19H,8-9H2,1-3H3/p+1/t12-/m1/s1. The van der Waals surface area contributed by atoms with Crippen LogP contribution in [0.2, 0.25) is 0 Å². The Labute approximate surface area is 118 Å². The number of aryl methyl sites for hydroxylation is 1. The largest absolute Gasteiger partial charge is 0.394 e. The predicted octanol–water partition coefficient (Wildman–Crippen LogP) is 0.599. The van der Waals surface area contributed by atoms with Crippen LogP contribution >= 0.6 is 0 Å². The molecule has 0 saturated carbocycles. The normalized spacial score (nSPS) is 12.8. The van der Waals surface area contributed by atoms with Crippen molar-refractivity contribution in [3.8, 4) is 0 Å². The Morgan fingerprint density at radius 1 is 1.40 bits per heavy atom. The Hall–Kier alpha value is -1.88. The molecule has 0 radical (unpaired) electrons. The Balaban J connectivity index is 2.14. The molecule has 0 unspecified atom stereocenters.